The van der Waals surface area contributed by atoms with Crippen molar-refractivity contribution >= 4 is 17.7 Å². The van der Waals surface area contributed by atoms with Crippen molar-refractivity contribution in [1.82, 2.24) is 29.5 Å². The maximum Gasteiger partial charge on any atom is 0.326 e. The number of aliphatic hydroxyl groups excluding tert-OH is 1. The van der Waals surface area contributed by atoms with Crippen LogP contribution in [0.1, 0.15) is 36.6 Å². The minimum atomic E-state index is -0.513. The molecule has 1 aliphatic carbocycles. The van der Waals surface area contributed by atoms with Gasteiger partial charge in [-0.2, -0.15) is 19.6 Å². The molecule has 5 N–H and O–H groups in total. The number of nitrogens with zero attached hydrogens (tertiary/aromatic N) is 5. The number of H-pyrrole nitrogens is 2. The number of anilines is 1. The van der Waals surface area contributed by atoms with Crippen molar-refractivity contribution in [3.8, 4) is 5.88 Å². The van der Waals surface area contributed by atoms with E-state index in [-0.39, 0.29) is 30.3 Å². The Kier molecular flexibility index (Phi) is 5.15. The lowest BCUT2D eigenvalue weighted by molar-refractivity contribution is 0.280. The van der Waals surface area contributed by atoms with E-state index in [2.05, 4.69) is 35.3 Å². The molecule has 5 rings (SSSR count). The summed E-state index contributed by atoms with van der Waals surface area (Å²) in [6, 6.07) is 9.78. The first kappa shape index (κ1) is 19.9. The fourth-order valence-corrected chi connectivity index (χ4v) is 3.44. The molecule has 1 atom stereocenters. The van der Waals surface area contributed by atoms with Gasteiger partial charge in [0.1, 0.15) is 5.69 Å². The molecule has 0 bridgehead atoms. The Hall–Kier alpha value is -3.99. The van der Waals surface area contributed by atoms with Gasteiger partial charge in [-0.25, -0.2) is 9.79 Å². The van der Waals surface area contributed by atoms with Crippen LogP contribution in [0.5, 0.6) is 5.88 Å². The average molecular weight is 434 g/mol. The second kappa shape index (κ2) is 8.27. The standard InChI is InChI=1S/C21H22N8O3/c30-9-8-15(12-4-2-1-3-5-12)24-19-26-17-13(10-16-18(31)27-21(32)25-16)11-22-29(17)20(28-19)23-14-6-7-14/h1-5,10-11,14-15,30-31H,6-9H2,(H,23,24,28)(H2,25,27,32)/t15-/m0/s1. The third kappa shape index (κ3) is 4.10. The molecule has 0 amide bonds. The molecule has 3 heterocycles. The van der Waals surface area contributed by atoms with E-state index in [0.717, 1.165) is 18.4 Å². The Balaban J connectivity index is 1.63. The lowest BCUT2D eigenvalue weighted by atomic mass is 10.0. The first-order valence-corrected chi connectivity index (χ1v) is 10.4. The van der Waals surface area contributed by atoms with Crippen LogP contribution in [0.15, 0.2) is 46.3 Å². The van der Waals surface area contributed by atoms with Crippen molar-refractivity contribution in [2.75, 3.05) is 11.9 Å². The Labute approximate surface area is 181 Å². The fraction of sp³-hybridized carbons (Fsp3) is 0.286. The number of nitrogens with one attached hydrogen (secondary N) is 3. The van der Waals surface area contributed by atoms with Gasteiger partial charge in [0.05, 0.1) is 18.3 Å². The predicted molar refractivity (Wildman–Crippen MR) is 116 cm³/mol. The van der Waals surface area contributed by atoms with Crippen molar-refractivity contribution in [3.63, 3.8) is 0 Å². The molecular weight excluding hydrogens is 412 g/mol. The topological polar surface area (TPSA) is 157 Å². The Morgan fingerprint density at radius 1 is 1.25 bits per heavy atom. The Morgan fingerprint density at radius 2 is 2.06 bits per heavy atom. The molecule has 164 valence electrons. The number of fused-ring (bicyclic) bond motifs is 1. The van der Waals surface area contributed by atoms with Gasteiger partial charge in [0, 0.05) is 11.8 Å². The number of aromatic nitrogens is 6. The zero-order chi connectivity index (χ0) is 22.1. The summed E-state index contributed by atoms with van der Waals surface area (Å²) in [5.74, 6) is 0.0814. The van der Waals surface area contributed by atoms with Gasteiger partial charge >= 0.3 is 5.69 Å². The van der Waals surface area contributed by atoms with Gasteiger partial charge in [0.2, 0.25) is 11.8 Å². The molecule has 1 saturated carbocycles. The third-order valence-corrected chi connectivity index (χ3v) is 5.18. The van der Waals surface area contributed by atoms with Gasteiger partial charge in [-0.1, -0.05) is 30.3 Å². The van der Waals surface area contributed by atoms with Gasteiger partial charge in [-0.15, -0.1) is 0 Å². The largest absolute Gasteiger partial charge is 0.493 e. The van der Waals surface area contributed by atoms with Gasteiger partial charge < -0.3 is 20.5 Å². The number of hydrogen-bond acceptors (Lipinski definition) is 8. The number of imidazole rings is 1. The zero-order valence-electron chi connectivity index (χ0n) is 17.1. The van der Waals surface area contributed by atoms with Crippen molar-refractivity contribution in [1.29, 1.82) is 0 Å². The minimum Gasteiger partial charge on any atom is -0.493 e. The summed E-state index contributed by atoms with van der Waals surface area (Å²) in [6.07, 6.45) is 5.64. The van der Waals surface area contributed by atoms with Crippen LogP contribution in [-0.4, -0.2) is 52.4 Å². The molecule has 0 saturated heterocycles. The van der Waals surface area contributed by atoms with E-state index in [9.17, 15) is 15.0 Å². The third-order valence-electron chi connectivity index (χ3n) is 5.18. The van der Waals surface area contributed by atoms with Crippen LogP contribution in [0.3, 0.4) is 0 Å². The lowest BCUT2D eigenvalue weighted by Gasteiger charge is -2.18. The smallest absolute Gasteiger partial charge is 0.326 e. The number of benzene rings is 1. The summed E-state index contributed by atoms with van der Waals surface area (Å²) in [5.41, 5.74) is 1.60. The van der Waals surface area contributed by atoms with E-state index < -0.39 is 5.69 Å². The van der Waals surface area contributed by atoms with Crippen LogP contribution in [-0.2, 0) is 0 Å². The SMILES string of the molecule is O=c1[nH]c(O)c(C=c2cnn3c(=NC4CC4)nc(N[C@@H](CCO)c4ccccc4)nc23)[nH]1. The number of hydrogen-bond donors (Lipinski definition) is 5. The monoisotopic (exact) mass is 434 g/mol. The molecule has 3 aromatic heterocycles. The molecular formula is C21H22N8O3. The lowest BCUT2D eigenvalue weighted by Crippen LogP contribution is -2.26. The number of aromatic hydroxyl groups is 1. The maximum atomic E-state index is 11.5. The van der Waals surface area contributed by atoms with Gasteiger partial charge in [-0.3, -0.25) is 4.98 Å². The van der Waals surface area contributed by atoms with E-state index in [0.29, 0.717) is 28.9 Å². The first-order chi connectivity index (χ1) is 15.6. The summed E-state index contributed by atoms with van der Waals surface area (Å²) in [5, 5.41) is 27.7. The zero-order valence-corrected chi connectivity index (χ0v) is 17.1. The van der Waals surface area contributed by atoms with Crippen LogP contribution in [0.25, 0.3) is 11.7 Å². The van der Waals surface area contributed by atoms with E-state index >= 15 is 0 Å². The Morgan fingerprint density at radius 3 is 2.75 bits per heavy atom. The van der Waals surface area contributed by atoms with Crippen molar-refractivity contribution in [2.24, 2.45) is 4.99 Å². The highest BCUT2D eigenvalue weighted by atomic mass is 16.3. The van der Waals surface area contributed by atoms with Crippen molar-refractivity contribution < 1.29 is 10.2 Å². The predicted octanol–water partition coefficient (Wildman–Crippen LogP) is -0.00730. The summed E-state index contributed by atoms with van der Waals surface area (Å²) >= 11 is 0. The highest BCUT2D eigenvalue weighted by Gasteiger charge is 2.21. The van der Waals surface area contributed by atoms with Gasteiger partial charge in [-0.05, 0) is 30.9 Å². The summed E-state index contributed by atoms with van der Waals surface area (Å²) in [7, 11) is 0. The van der Waals surface area contributed by atoms with E-state index in [1.807, 2.05) is 30.3 Å². The maximum absolute atomic E-state index is 11.5. The van der Waals surface area contributed by atoms with E-state index in [1.165, 1.54) is 0 Å². The van der Waals surface area contributed by atoms with Crippen LogP contribution in [0.2, 0.25) is 0 Å². The number of aromatic amines is 2. The molecule has 1 aromatic carbocycles. The fourth-order valence-electron chi connectivity index (χ4n) is 3.44. The molecule has 1 aliphatic rings. The van der Waals surface area contributed by atoms with E-state index in [1.54, 1.807) is 16.8 Å². The highest BCUT2D eigenvalue weighted by molar-refractivity contribution is 5.57. The molecule has 1 fully saturated rings. The first-order valence-electron chi connectivity index (χ1n) is 10.4. The summed E-state index contributed by atoms with van der Waals surface area (Å²) < 4.78 is 1.54. The van der Waals surface area contributed by atoms with Crippen LogP contribution in [0, 0.1) is 0 Å². The Bertz CT molecular complexity index is 1420. The minimum absolute atomic E-state index is 0.0000483. The van der Waals surface area contributed by atoms with Gasteiger partial charge in [0.15, 0.2) is 5.65 Å². The summed E-state index contributed by atoms with van der Waals surface area (Å²) in [6.45, 7) is -0.0000483. The molecule has 11 nitrogen and oxygen atoms in total. The molecule has 32 heavy (non-hydrogen) atoms. The summed E-state index contributed by atoms with van der Waals surface area (Å²) in [4.78, 5) is 30.1. The molecule has 0 aliphatic heterocycles. The average Bonchev–Trinajstić information content (AvgIpc) is 3.42. The number of aliphatic hydroxyl groups is 1. The molecule has 0 unspecified atom stereocenters. The van der Waals surface area contributed by atoms with Crippen molar-refractivity contribution in [3.05, 3.63) is 69.1 Å². The van der Waals surface area contributed by atoms with E-state index in [4.69, 9.17) is 0 Å². The second-order valence-electron chi connectivity index (χ2n) is 7.65. The molecule has 0 spiro atoms. The molecule has 4 aromatic rings. The quantitative estimate of drug-likeness (QED) is 0.274. The highest BCUT2D eigenvalue weighted by Crippen LogP contribution is 2.23. The molecule has 11 heteroatoms. The van der Waals surface area contributed by atoms with Crippen LogP contribution in [0.4, 0.5) is 5.95 Å². The van der Waals surface area contributed by atoms with Crippen LogP contribution < -0.4 is 21.8 Å². The van der Waals surface area contributed by atoms with Gasteiger partial charge in [0.25, 0.3) is 5.62 Å². The molecule has 0 radical (unpaired) electrons. The normalized spacial score (nSPS) is 16.0. The van der Waals surface area contributed by atoms with Crippen molar-refractivity contribution in [2.45, 2.75) is 31.3 Å². The van der Waals surface area contributed by atoms with Crippen LogP contribution >= 0.6 is 0 Å². The number of rotatable bonds is 7. The second-order valence-corrected chi connectivity index (χ2v) is 7.65.